The number of ether oxygens (including phenoxy) is 2. The van der Waals surface area contributed by atoms with Crippen LogP contribution in [0.25, 0.3) is 0 Å². The maximum absolute atomic E-state index is 12.4. The Bertz CT molecular complexity index is 703. The monoisotopic (exact) mass is 324 g/mol. The summed E-state index contributed by atoms with van der Waals surface area (Å²) in [6, 6.07) is 16.4. The van der Waals surface area contributed by atoms with Gasteiger partial charge in [0.25, 0.3) is 5.91 Å². The lowest BCUT2D eigenvalue weighted by molar-refractivity contribution is -0.122. The fraction of sp³-hybridized carbons (Fsp3) is 0.263. The van der Waals surface area contributed by atoms with E-state index >= 15 is 0 Å². The molecule has 24 heavy (non-hydrogen) atoms. The molecule has 1 atom stereocenters. The molecule has 0 unspecified atom stereocenters. The normalized spacial score (nSPS) is 11.2. The highest BCUT2D eigenvalue weighted by Gasteiger charge is 2.18. The van der Waals surface area contributed by atoms with E-state index in [2.05, 4.69) is 11.4 Å². The van der Waals surface area contributed by atoms with E-state index in [1.54, 1.807) is 43.5 Å². The predicted octanol–water partition coefficient (Wildman–Crippen LogP) is 3.56. The SMILES string of the molecule is CC[C@H](Oc1ccc(OC)cc1)C(=O)Nc1ccc(CC#N)cc1. The maximum Gasteiger partial charge on any atom is 0.265 e. The number of hydrogen-bond donors (Lipinski definition) is 1. The standard InChI is InChI=1S/C19H20N2O3/c1-3-18(24-17-10-8-16(23-2)9-11-17)19(22)21-15-6-4-14(5-7-15)12-13-20/h4-11,18H,3,12H2,1-2H3,(H,21,22)/t18-/m0/s1. The fourth-order valence-electron chi connectivity index (χ4n) is 2.16. The molecule has 5 heteroatoms. The molecule has 1 amide bonds. The van der Waals surface area contributed by atoms with E-state index in [-0.39, 0.29) is 5.91 Å². The Morgan fingerprint density at radius 1 is 1.12 bits per heavy atom. The molecule has 0 fully saturated rings. The zero-order valence-electron chi connectivity index (χ0n) is 13.8. The Morgan fingerprint density at radius 2 is 1.75 bits per heavy atom. The summed E-state index contributed by atoms with van der Waals surface area (Å²) in [7, 11) is 1.60. The van der Waals surface area contributed by atoms with Crippen molar-refractivity contribution < 1.29 is 14.3 Å². The van der Waals surface area contributed by atoms with Gasteiger partial charge in [0, 0.05) is 5.69 Å². The maximum atomic E-state index is 12.4. The van der Waals surface area contributed by atoms with Crippen molar-refractivity contribution in [1.29, 1.82) is 5.26 Å². The van der Waals surface area contributed by atoms with Crippen LogP contribution in [0.2, 0.25) is 0 Å². The van der Waals surface area contributed by atoms with Crippen LogP contribution in [0.4, 0.5) is 5.69 Å². The number of nitriles is 1. The van der Waals surface area contributed by atoms with Crippen molar-refractivity contribution in [2.45, 2.75) is 25.9 Å². The molecule has 0 saturated heterocycles. The number of benzene rings is 2. The molecule has 0 aromatic heterocycles. The number of anilines is 1. The van der Waals surface area contributed by atoms with Crippen LogP contribution < -0.4 is 14.8 Å². The first kappa shape index (κ1) is 17.4. The Morgan fingerprint density at radius 3 is 2.29 bits per heavy atom. The summed E-state index contributed by atoms with van der Waals surface area (Å²) in [5.74, 6) is 1.14. The van der Waals surface area contributed by atoms with E-state index < -0.39 is 6.10 Å². The van der Waals surface area contributed by atoms with Gasteiger partial charge in [-0.15, -0.1) is 0 Å². The average molecular weight is 324 g/mol. The Hall–Kier alpha value is -3.00. The van der Waals surface area contributed by atoms with Gasteiger partial charge in [-0.3, -0.25) is 4.79 Å². The number of carbonyl (C=O) groups excluding carboxylic acids is 1. The molecule has 2 aromatic rings. The number of nitrogens with zero attached hydrogens (tertiary/aromatic N) is 1. The molecule has 0 aliphatic heterocycles. The quantitative estimate of drug-likeness (QED) is 0.845. The van der Waals surface area contributed by atoms with E-state index in [1.165, 1.54) is 0 Å². The van der Waals surface area contributed by atoms with Crippen LogP contribution in [0.3, 0.4) is 0 Å². The summed E-state index contributed by atoms with van der Waals surface area (Å²) in [5.41, 5.74) is 1.59. The molecular formula is C19H20N2O3. The molecule has 0 bridgehead atoms. The minimum atomic E-state index is -0.586. The highest BCUT2D eigenvalue weighted by molar-refractivity contribution is 5.94. The van der Waals surface area contributed by atoms with Crippen LogP contribution in [0, 0.1) is 11.3 Å². The van der Waals surface area contributed by atoms with Gasteiger partial charge < -0.3 is 14.8 Å². The third-order valence-corrected chi connectivity index (χ3v) is 3.51. The van der Waals surface area contributed by atoms with E-state index in [1.807, 2.05) is 19.1 Å². The van der Waals surface area contributed by atoms with Crippen molar-refractivity contribution in [3.8, 4) is 17.6 Å². The Balaban J connectivity index is 1.98. The van der Waals surface area contributed by atoms with Crippen molar-refractivity contribution in [3.05, 3.63) is 54.1 Å². The molecule has 0 aliphatic rings. The molecule has 0 saturated carbocycles. The Kier molecular flexibility index (Phi) is 6.21. The highest BCUT2D eigenvalue weighted by atomic mass is 16.5. The topological polar surface area (TPSA) is 71.3 Å². The van der Waals surface area contributed by atoms with Crippen molar-refractivity contribution in [1.82, 2.24) is 0 Å². The Labute approximate surface area is 141 Å². The lowest BCUT2D eigenvalue weighted by Crippen LogP contribution is -2.32. The van der Waals surface area contributed by atoms with E-state index in [0.717, 1.165) is 11.3 Å². The first-order valence-electron chi connectivity index (χ1n) is 7.73. The molecule has 2 rings (SSSR count). The average Bonchev–Trinajstić information content (AvgIpc) is 2.62. The summed E-state index contributed by atoms with van der Waals surface area (Å²) in [5, 5.41) is 11.5. The summed E-state index contributed by atoms with van der Waals surface area (Å²) in [4.78, 5) is 12.4. The van der Waals surface area contributed by atoms with E-state index in [4.69, 9.17) is 14.7 Å². The molecular weight excluding hydrogens is 304 g/mol. The number of carbonyl (C=O) groups is 1. The van der Waals surface area contributed by atoms with Gasteiger partial charge in [0.15, 0.2) is 6.10 Å². The fourth-order valence-corrected chi connectivity index (χ4v) is 2.16. The van der Waals surface area contributed by atoms with Gasteiger partial charge in [-0.05, 0) is 48.4 Å². The number of rotatable bonds is 7. The highest BCUT2D eigenvalue weighted by Crippen LogP contribution is 2.19. The molecule has 0 spiro atoms. The second kappa shape index (κ2) is 8.59. The van der Waals surface area contributed by atoms with Crippen molar-refractivity contribution in [2.75, 3.05) is 12.4 Å². The van der Waals surface area contributed by atoms with Crippen molar-refractivity contribution >= 4 is 11.6 Å². The minimum Gasteiger partial charge on any atom is -0.497 e. The zero-order chi connectivity index (χ0) is 17.4. The van der Waals surface area contributed by atoms with Gasteiger partial charge in [0.2, 0.25) is 0 Å². The number of amides is 1. The lowest BCUT2D eigenvalue weighted by atomic mass is 10.1. The first-order valence-corrected chi connectivity index (χ1v) is 7.73. The predicted molar refractivity (Wildman–Crippen MR) is 92.1 cm³/mol. The lowest BCUT2D eigenvalue weighted by Gasteiger charge is -2.17. The molecule has 0 radical (unpaired) electrons. The number of hydrogen-bond acceptors (Lipinski definition) is 4. The minimum absolute atomic E-state index is 0.207. The van der Waals surface area contributed by atoms with Crippen LogP contribution in [-0.4, -0.2) is 19.1 Å². The van der Waals surface area contributed by atoms with Gasteiger partial charge in [-0.2, -0.15) is 5.26 Å². The van der Waals surface area contributed by atoms with Crippen molar-refractivity contribution in [3.63, 3.8) is 0 Å². The molecule has 124 valence electrons. The van der Waals surface area contributed by atoms with Crippen LogP contribution in [-0.2, 0) is 11.2 Å². The van der Waals surface area contributed by atoms with Crippen LogP contribution in [0.15, 0.2) is 48.5 Å². The summed E-state index contributed by atoms with van der Waals surface area (Å²) in [6.45, 7) is 1.89. The first-order chi connectivity index (χ1) is 11.7. The molecule has 2 aromatic carbocycles. The summed E-state index contributed by atoms with van der Waals surface area (Å²) < 4.78 is 10.8. The van der Waals surface area contributed by atoms with Crippen molar-refractivity contribution in [2.24, 2.45) is 0 Å². The zero-order valence-corrected chi connectivity index (χ0v) is 13.8. The molecule has 1 N–H and O–H groups in total. The van der Waals surface area contributed by atoms with Crippen LogP contribution in [0.1, 0.15) is 18.9 Å². The number of nitrogens with one attached hydrogen (secondary N) is 1. The van der Waals surface area contributed by atoms with Crippen LogP contribution in [0.5, 0.6) is 11.5 Å². The second-order valence-corrected chi connectivity index (χ2v) is 5.21. The third kappa shape index (κ3) is 4.75. The largest absolute Gasteiger partial charge is 0.497 e. The molecule has 0 heterocycles. The molecule has 5 nitrogen and oxygen atoms in total. The van der Waals surface area contributed by atoms with Gasteiger partial charge in [0.05, 0.1) is 19.6 Å². The molecule has 0 aliphatic carbocycles. The van der Waals surface area contributed by atoms with E-state index in [0.29, 0.717) is 24.3 Å². The van der Waals surface area contributed by atoms with Crippen LogP contribution >= 0.6 is 0 Å². The smallest absolute Gasteiger partial charge is 0.265 e. The van der Waals surface area contributed by atoms with Gasteiger partial charge >= 0.3 is 0 Å². The third-order valence-electron chi connectivity index (χ3n) is 3.51. The number of methoxy groups -OCH3 is 1. The van der Waals surface area contributed by atoms with Gasteiger partial charge in [-0.25, -0.2) is 0 Å². The summed E-state index contributed by atoms with van der Waals surface area (Å²) in [6.07, 6.45) is 0.314. The second-order valence-electron chi connectivity index (χ2n) is 5.21. The van der Waals surface area contributed by atoms with E-state index in [9.17, 15) is 4.79 Å². The van der Waals surface area contributed by atoms with Gasteiger partial charge in [0.1, 0.15) is 11.5 Å². The summed E-state index contributed by atoms with van der Waals surface area (Å²) >= 11 is 0. The van der Waals surface area contributed by atoms with Gasteiger partial charge in [-0.1, -0.05) is 19.1 Å².